The number of hydrogen-bond acceptors (Lipinski definition) is 4. The third kappa shape index (κ3) is 3.55. The number of nitrogens with one attached hydrogen (secondary N) is 2. The van der Waals surface area contributed by atoms with Gasteiger partial charge in [-0.2, -0.15) is 0 Å². The van der Waals surface area contributed by atoms with Crippen molar-refractivity contribution in [3.8, 4) is 0 Å². The molecule has 1 fully saturated rings. The van der Waals surface area contributed by atoms with Crippen LogP contribution in [0.1, 0.15) is 42.2 Å². The van der Waals surface area contributed by atoms with Crippen LogP contribution >= 0.6 is 11.6 Å². The molecule has 0 unspecified atom stereocenters. The summed E-state index contributed by atoms with van der Waals surface area (Å²) in [5.74, 6) is -0.885. The summed E-state index contributed by atoms with van der Waals surface area (Å²) in [6, 6.07) is 16.3. The minimum Gasteiger partial charge on any atom is -0.321 e. The molecule has 2 aromatic carbocycles. The Bertz CT molecular complexity index is 1160. The van der Waals surface area contributed by atoms with Crippen molar-refractivity contribution < 1.29 is 14.4 Å². The first-order valence-corrected chi connectivity index (χ1v) is 10.1. The van der Waals surface area contributed by atoms with Crippen molar-refractivity contribution in [2.24, 2.45) is 0 Å². The summed E-state index contributed by atoms with van der Waals surface area (Å²) in [4.78, 5) is 40.9. The number of carbonyl (C=O) groups is 3. The van der Waals surface area contributed by atoms with Crippen LogP contribution in [-0.2, 0) is 15.0 Å². The first-order chi connectivity index (χ1) is 14.4. The zero-order valence-electron chi connectivity index (χ0n) is 16.4. The van der Waals surface area contributed by atoms with E-state index >= 15 is 0 Å². The Morgan fingerprint density at radius 2 is 1.90 bits per heavy atom. The number of nitrogens with zero attached hydrogens (tertiary/aromatic N) is 1. The van der Waals surface area contributed by atoms with Gasteiger partial charge in [0.15, 0.2) is 0 Å². The molecule has 0 bridgehead atoms. The van der Waals surface area contributed by atoms with Crippen LogP contribution < -0.4 is 10.6 Å². The predicted molar refractivity (Wildman–Crippen MR) is 116 cm³/mol. The van der Waals surface area contributed by atoms with E-state index in [4.69, 9.17) is 11.6 Å². The summed E-state index contributed by atoms with van der Waals surface area (Å²) in [6.45, 7) is 1.93. The largest absolute Gasteiger partial charge is 0.321 e. The van der Waals surface area contributed by atoms with Crippen LogP contribution in [0.25, 0.3) is 10.8 Å². The Morgan fingerprint density at radius 3 is 2.60 bits per heavy atom. The van der Waals surface area contributed by atoms with Crippen LogP contribution in [0.5, 0.6) is 0 Å². The lowest BCUT2D eigenvalue weighted by molar-refractivity contribution is -0.138. The summed E-state index contributed by atoms with van der Waals surface area (Å²) in [7, 11) is 0. The van der Waals surface area contributed by atoms with Gasteiger partial charge in [0, 0.05) is 17.5 Å². The van der Waals surface area contributed by atoms with Crippen molar-refractivity contribution in [2.45, 2.75) is 31.6 Å². The molecule has 7 heteroatoms. The fourth-order valence-corrected chi connectivity index (χ4v) is 4.17. The number of anilines is 1. The van der Waals surface area contributed by atoms with Crippen molar-refractivity contribution >= 4 is 45.8 Å². The lowest BCUT2D eigenvalue weighted by atomic mass is 9.72. The van der Waals surface area contributed by atoms with Crippen molar-refractivity contribution in [2.75, 3.05) is 5.32 Å². The Balaban J connectivity index is 1.56. The van der Waals surface area contributed by atoms with Gasteiger partial charge >= 0.3 is 0 Å². The highest BCUT2D eigenvalue weighted by molar-refractivity contribution is 6.34. The number of benzene rings is 2. The van der Waals surface area contributed by atoms with Gasteiger partial charge in [-0.05, 0) is 42.0 Å². The zero-order chi connectivity index (χ0) is 21.3. The number of hydrogen-bond donors (Lipinski definition) is 2. The minimum atomic E-state index is -0.732. The number of halogens is 1. The molecule has 1 saturated heterocycles. The molecule has 6 nitrogen and oxygen atoms in total. The molecule has 2 N–H and O–H groups in total. The average Bonchev–Trinajstić information content (AvgIpc) is 2.75. The molecule has 30 heavy (non-hydrogen) atoms. The molecule has 1 atom stereocenters. The summed E-state index contributed by atoms with van der Waals surface area (Å²) < 4.78 is 0. The monoisotopic (exact) mass is 421 g/mol. The molecule has 152 valence electrons. The van der Waals surface area contributed by atoms with Gasteiger partial charge in [0.2, 0.25) is 11.8 Å². The number of fused-ring (bicyclic) bond motifs is 1. The Kier molecular flexibility index (Phi) is 5.26. The molecule has 1 aliphatic heterocycles. The van der Waals surface area contributed by atoms with Crippen LogP contribution in [0, 0.1) is 0 Å². The van der Waals surface area contributed by atoms with E-state index in [1.807, 2.05) is 43.3 Å². The third-order valence-corrected chi connectivity index (χ3v) is 5.98. The molecule has 3 aromatic rings. The van der Waals surface area contributed by atoms with Gasteiger partial charge < -0.3 is 5.32 Å². The lowest BCUT2D eigenvalue weighted by Gasteiger charge is -2.35. The van der Waals surface area contributed by atoms with E-state index in [1.165, 1.54) is 0 Å². The maximum atomic E-state index is 12.7. The summed E-state index contributed by atoms with van der Waals surface area (Å²) in [6.07, 6.45) is 1.36. The second-order valence-corrected chi connectivity index (χ2v) is 7.72. The highest BCUT2D eigenvalue weighted by Crippen LogP contribution is 2.36. The number of piperidine rings is 1. The predicted octanol–water partition coefficient (Wildman–Crippen LogP) is 4.22. The van der Waals surface area contributed by atoms with Crippen LogP contribution in [0.2, 0.25) is 5.15 Å². The van der Waals surface area contributed by atoms with Crippen molar-refractivity contribution in [3.63, 3.8) is 0 Å². The van der Waals surface area contributed by atoms with Crippen LogP contribution in [0.3, 0.4) is 0 Å². The fourth-order valence-electron chi connectivity index (χ4n) is 3.91. The molecule has 0 saturated carbocycles. The number of rotatable bonds is 4. The Labute approximate surface area is 178 Å². The van der Waals surface area contributed by atoms with E-state index in [9.17, 15) is 14.4 Å². The SMILES string of the molecule is CC[C@@]1(c2ccc(NC(=O)c3cc4ccccc4c(Cl)n3)cc2)CCC(=O)NC1=O. The van der Waals surface area contributed by atoms with Gasteiger partial charge in [0.25, 0.3) is 5.91 Å². The van der Waals surface area contributed by atoms with Crippen LogP contribution in [-0.4, -0.2) is 22.7 Å². The van der Waals surface area contributed by atoms with E-state index < -0.39 is 5.41 Å². The van der Waals surface area contributed by atoms with Crippen LogP contribution in [0.15, 0.2) is 54.6 Å². The van der Waals surface area contributed by atoms with E-state index in [2.05, 4.69) is 15.6 Å². The molecular weight excluding hydrogens is 402 g/mol. The second-order valence-electron chi connectivity index (χ2n) is 7.36. The van der Waals surface area contributed by atoms with Crippen LogP contribution in [0.4, 0.5) is 5.69 Å². The molecule has 0 aliphatic carbocycles. The maximum absolute atomic E-state index is 12.7. The Hall–Kier alpha value is -3.25. The van der Waals surface area contributed by atoms with E-state index in [0.717, 1.165) is 16.3 Å². The van der Waals surface area contributed by atoms with E-state index in [-0.39, 0.29) is 28.6 Å². The van der Waals surface area contributed by atoms with Gasteiger partial charge in [-0.3, -0.25) is 19.7 Å². The minimum absolute atomic E-state index is 0.220. The number of pyridine rings is 1. The normalized spacial score (nSPS) is 18.9. The smallest absolute Gasteiger partial charge is 0.274 e. The highest BCUT2D eigenvalue weighted by atomic mass is 35.5. The molecule has 1 aliphatic rings. The molecular formula is C23H20ClN3O3. The second kappa shape index (κ2) is 7.88. The quantitative estimate of drug-likeness (QED) is 0.487. The number of aromatic nitrogens is 1. The van der Waals surface area contributed by atoms with E-state index in [0.29, 0.717) is 24.9 Å². The van der Waals surface area contributed by atoms with Gasteiger partial charge in [0.1, 0.15) is 10.8 Å². The number of imide groups is 1. The topological polar surface area (TPSA) is 88.2 Å². The highest BCUT2D eigenvalue weighted by Gasteiger charge is 2.42. The number of carbonyl (C=O) groups excluding carboxylic acids is 3. The molecule has 3 amide bonds. The van der Waals surface area contributed by atoms with Crippen molar-refractivity contribution in [3.05, 3.63) is 71.0 Å². The first-order valence-electron chi connectivity index (χ1n) is 9.74. The summed E-state index contributed by atoms with van der Waals surface area (Å²) in [5, 5.41) is 7.15. The number of amides is 3. The summed E-state index contributed by atoms with van der Waals surface area (Å²) in [5.41, 5.74) is 0.885. The average molecular weight is 422 g/mol. The van der Waals surface area contributed by atoms with Gasteiger partial charge in [-0.25, -0.2) is 4.98 Å². The fraction of sp³-hybridized carbons (Fsp3) is 0.217. The van der Waals surface area contributed by atoms with Crippen molar-refractivity contribution in [1.82, 2.24) is 10.3 Å². The maximum Gasteiger partial charge on any atom is 0.274 e. The molecule has 0 radical (unpaired) electrons. The lowest BCUT2D eigenvalue weighted by Crippen LogP contribution is -2.51. The third-order valence-electron chi connectivity index (χ3n) is 5.69. The zero-order valence-corrected chi connectivity index (χ0v) is 17.1. The Morgan fingerprint density at radius 1 is 1.17 bits per heavy atom. The molecule has 0 spiro atoms. The summed E-state index contributed by atoms with van der Waals surface area (Å²) >= 11 is 6.22. The standard InChI is InChI=1S/C23H20ClN3O3/c1-2-23(12-11-19(28)27-22(23)30)15-7-9-16(10-8-15)25-21(29)18-13-14-5-3-4-6-17(14)20(24)26-18/h3-10,13H,2,11-12H2,1H3,(H,25,29)(H,27,28,30)/t23-/m0/s1. The molecule has 4 rings (SSSR count). The van der Waals surface area contributed by atoms with Crippen molar-refractivity contribution in [1.29, 1.82) is 0 Å². The van der Waals surface area contributed by atoms with Gasteiger partial charge in [-0.1, -0.05) is 54.9 Å². The first kappa shape index (κ1) is 20.0. The molecule has 2 heterocycles. The van der Waals surface area contributed by atoms with Gasteiger partial charge in [-0.15, -0.1) is 0 Å². The van der Waals surface area contributed by atoms with E-state index in [1.54, 1.807) is 18.2 Å². The molecule has 1 aromatic heterocycles. The van der Waals surface area contributed by atoms with Gasteiger partial charge in [0.05, 0.1) is 5.41 Å².